The molecule has 0 aromatic heterocycles. The maximum atomic E-state index is 9.81. The summed E-state index contributed by atoms with van der Waals surface area (Å²) in [6.45, 7) is 0.372. The van der Waals surface area contributed by atoms with Crippen LogP contribution in [0, 0.1) is 5.92 Å². The lowest BCUT2D eigenvalue weighted by molar-refractivity contribution is 0.0358. The molecule has 0 aromatic carbocycles. The van der Waals surface area contributed by atoms with E-state index in [4.69, 9.17) is 4.74 Å². The first-order valence-electron chi connectivity index (χ1n) is 5.59. The molecule has 1 aliphatic carbocycles. The van der Waals surface area contributed by atoms with Crippen molar-refractivity contribution in [3.63, 3.8) is 0 Å². The summed E-state index contributed by atoms with van der Waals surface area (Å²) in [6.07, 6.45) is 5.52. The molecule has 0 amide bonds. The minimum atomic E-state index is -0.420. The number of rotatable bonds is 6. The molecule has 2 unspecified atom stereocenters. The highest BCUT2D eigenvalue weighted by molar-refractivity contribution is 4.75. The summed E-state index contributed by atoms with van der Waals surface area (Å²) in [7, 11) is 1.58. The number of hydrogen-bond donors (Lipinski definition) is 2. The van der Waals surface area contributed by atoms with E-state index in [1.165, 1.54) is 12.8 Å². The molecule has 0 aliphatic heterocycles. The van der Waals surface area contributed by atoms with Gasteiger partial charge in [-0.1, -0.05) is 12.8 Å². The van der Waals surface area contributed by atoms with Crippen LogP contribution in [-0.2, 0) is 4.74 Å². The molecular formula is C11H22O3. The molecule has 0 bridgehead atoms. The Kier molecular flexibility index (Phi) is 5.45. The Morgan fingerprint density at radius 1 is 1.21 bits per heavy atom. The van der Waals surface area contributed by atoms with Gasteiger partial charge in [0.2, 0.25) is 0 Å². The van der Waals surface area contributed by atoms with Gasteiger partial charge in [0.15, 0.2) is 0 Å². The van der Waals surface area contributed by atoms with Crippen LogP contribution in [-0.4, -0.2) is 36.1 Å². The second-order valence-corrected chi connectivity index (χ2v) is 4.30. The highest BCUT2D eigenvalue weighted by Crippen LogP contribution is 2.29. The van der Waals surface area contributed by atoms with Crippen LogP contribution in [0.25, 0.3) is 0 Å². The van der Waals surface area contributed by atoms with Crippen LogP contribution >= 0.6 is 0 Å². The average molecular weight is 202 g/mol. The van der Waals surface area contributed by atoms with E-state index in [2.05, 4.69) is 0 Å². The monoisotopic (exact) mass is 202 g/mol. The van der Waals surface area contributed by atoms with E-state index < -0.39 is 6.10 Å². The third-order valence-electron chi connectivity index (χ3n) is 3.10. The zero-order chi connectivity index (χ0) is 10.4. The maximum absolute atomic E-state index is 9.81. The standard InChI is InChI=1S/C11H22O3/c1-14-8-10(12)6-7-11(13)9-4-2-3-5-9/h9-13H,2-8H2,1H3. The summed E-state index contributed by atoms with van der Waals surface area (Å²) < 4.78 is 4.83. The Labute approximate surface area is 86.1 Å². The van der Waals surface area contributed by atoms with Crippen molar-refractivity contribution in [2.75, 3.05) is 13.7 Å². The van der Waals surface area contributed by atoms with Crippen molar-refractivity contribution in [2.45, 2.75) is 50.7 Å². The van der Waals surface area contributed by atoms with E-state index in [0.29, 0.717) is 25.4 Å². The Balaban J connectivity index is 2.10. The predicted octanol–water partition coefficient (Wildman–Crippen LogP) is 1.33. The molecule has 84 valence electrons. The normalized spacial score (nSPS) is 22.5. The van der Waals surface area contributed by atoms with Crippen LogP contribution in [0.15, 0.2) is 0 Å². The molecule has 0 heterocycles. The number of methoxy groups -OCH3 is 1. The number of ether oxygens (including phenoxy) is 1. The van der Waals surface area contributed by atoms with Gasteiger partial charge in [-0.25, -0.2) is 0 Å². The van der Waals surface area contributed by atoms with Gasteiger partial charge in [0, 0.05) is 7.11 Å². The molecule has 14 heavy (non-hydrogen) atoms. The lowest BCUT2D eigenvalue weighted by atomic mass is 9.96. The van der Waals surface area contributed by atoms with E-state index in [1.54, 1.807) is 7.11 Å². The van der Waals surface area contributed by atoms with Gasteiger partial charge < -0.3 is 14.9 Å². The summed E-state index contributed by atoms with van der Waals surface area (Å²) in [6, 6.07) is 0. The summed E-state index contributed by atoms with van der Waals surface area (Å²) in [5, 5.41) is 19.2. The molecule has 1 saturated carbocycles. The minimum Gasteiger partial charge on any atom is -0.393 e. The highest BCUT2D eigenvalue weighted by Gasteiger charge is 2.23. The van der Waals surface area contributed by atoms with Gasteiger partial charge >= 0.3 is 0 Å². The fourth-order valence-corrected chi connectivity index (χ4v) is 2.22. The molecule has 0 spiro atoms. The van der Waals surface area contributed by atoms with Crippen molar-refractivity contribution >= 4 is 0 Å². The van der Waals surface area contributed by atoms with Gasteiger partial charge in [-0.3, -0.25) is 0 Å². The van der Waals surface area contributed by atoms with E-state index in [9.17, 15) is 10.2 Å². The largest absolute Gasteiger partial charge is 0.393 e. The van der Waals surface area contributed by atoms with Crippen LogP contribution in [0.1, 0.15) is 38.5 Å². The third-order valence-corrected chi connectivity index (χ3v) is 3.10. The summed E-state index contributed by atoms with van der Waals surface area (Å²) in [5.41, 5.74) is 0. The average Bonchev–Trinajstić information content (AvgIpc) is 2.67. The lowest BCUT2D eigenvalue weighted by Crippen LogP contribution is -2.22. The Hall–Kier alpha value is -0.120. The fraction of sp³-hybridized carbons (Fsp3) is 1.00. The molecule has 1 aliphatic rings. The molecule has 0 saturated heterocycles. The molecular weight excluding hydrogens is 180 g/mol. The van der Waals surface area contributed by atoms with Crippen LogP contribution in [0.5, 0.6) is 0 Å². The van der Waals surface area contributed by atoms with Crippen LogP contribution in [0.2, 0.25) is 0 Å². The minimum absolute atomic E-state index is 0.219. The second-order valence-electron chi connectivity index (χ2n) is 4.30. The van der Waals surface area contributed by atoms with E-state index >= 15 is 0 Å². The number of aliphatic hydroxyl groups is 2. The van der Waals surface area contributed by atoms with Crippen LogP contribution < -0.4 is 0 Å². The van der Waals surface area contributed by atoms with Crippen molar-refractivity contribution in [3.8, 4) is 0 Å². The van der Waals surface area contributed by atoms with Gasteiger partial charge in [-0.05, 0) is 31.6 Å². The summed E-state index contributed by atoms with van der Waals surface area (Å²) in [4.78, 5) is 0. The van der Waals surface area contributed by atoms with E-state index in [-0.39, 0.29) is 6.10 Å². The quantitative estimate of drug-likeness (QED) is 0.683. The first kappa shape index (κ1) is 12.0. The summed E-state index contributed by atoms with van der Waals surface area (Å²) >= 11 is 0. The molecule has 1 fully saturated rings. The molecule has 2 N–H and O–H groups in total. The van der Waals surface area contributed by atoms with Crippen molar-refractivity contribution in [1.29, 1.82) is 0 Å². The third kappa shape index (κ3) is 3.95. The smallest absolute Gasteiger partial charge is 0.0774 e. The zero-order valence-corrected chi connectivity index (χ0v) is 8.98. The topological polar surface area (TPSA) is 49.7 Å². The van der Waals surface area contributed by atoms with Gasteiger partial charge in [0.25, 0.3) is 0 Å². The molecule has 2 atom stereocenters. The van der Waals surface area contributed by atoms with Gasteiger partial charge in [-0.15, -0.1) is 0 Å². The SMILES string of the molecule is COCC(O)CCC(O)C1CCCC1. The molecule has 0 aromatic rings. The predicted molar refractivity (Wildman–Crippen MR) is 55.1 cm³/mol. The molecule has 3 heteroatoms. The van der Waals surface area contributed by atoms with Crippen molar-refractivity contribution in [1.82, 2.24) is 0 Å². The zero-order valence-electron chi connectivity index (χ0n) is 8.98. The van der Waals surface area contributed by atoms with Gasteiger partial charge in [0.05, 0.1) is 18.8 Å². The van der Waals surface area contributed by atoms with Gasteiger partial charge in [-0.2, -0.15) is 0 Å². The maximum Gasteiger partial charge on any atom is 0.0774 e. The lowest BCUT2D eigenvalue weighted by Gasteiger charge is -2.18. The fourth-order valence-electron chi connectivity index (χ4n) is 2.22. The molecule has 0 radical (unpaired) electrons. The second kappa shape index (κ2) is 6.38. The molecule has 3 nitrogen and oxygen atoms in total. The van der Waals surface area contributed by atoms with Crippen molar-refractivity contribution in [2.24, 2.45) is 5.92 Å². The molecule has 1 rings (SSSR count). The Morgan fingerprint density at radius 3 is 2.43 bits per heavy atom. The summed E-state index contributed by atoms with van der Waals surface area (Å²) in [5.74, 6) is 0.477. The van der Waals surface area contributed by atoms with E-state index in [0.717, 1.165) is 12.8 Å². The number of aliphatic hydroxyl groups excluding tert-OH is 2. The highest BCUT2D eigenvalue weighted by atomic mass is 16.5. The Bertz CT molecular complexity index is 143. The van der Waals surface area contributed by atoms with Crippen molar-refractivity contribution in [3.05, 3.63) is 0 Å². The first-order chi connectivity index (χ1) is 6.74. The van der Waals surface area contributed by atoms with Crippen LogP contribution in [0.4, 0.5) is 0 Å². The van der Waals surface area contributed by atoms with E-state index in [1.807, 2.05) is 0 Å². The first-order valence-corrected chi connectivity index (χ1v) is 5.59. The van der Waals surface area contributed by atoms with Crippen LogP contribution in [0.3, 0.4) is 0 Å². The van der Waals surface area contributed by atoms with Crippen molar-refractivity contribution < 1.29 is 14.9 Å². The Morgan fingerprint density at radius 2 is 1.86 bits per heavy atom. The number of hydrogen-bond acceptors (Lipinski definition) is 3. The van der Waals surface area contributed by atoms with Gasteiger partial charge in [0.1, 0.15) is 0 Å².